The number of hydrogen-bond acceptors (Lipinski definition) is 2. The van der Waals surface area contributed by atoms with Gasteiger partial charge in [0.05, 0.1) is 0 Å². The van der Waals surface area contributed by atoms with Crippen molar-refractivity contribution in [3.05, 3.63) is 70.8 Å². The van der Waals surface area contributed by atoms with E-state index < -0.39 is 0 Å². The molecule has 134 valence electrons. The predicted octanol–water partition coefficient (Wildman–Crippen LogP) is 5.27. The van der Waals surface area contributed by atoms with E-state index in [4.69, 9.17) is 11.5 Å². The van der Waals surface area contributed by atoms with Crippen molar-refractivity contribution >= 4 is 0 Å². The van der Waals surface area contributed by atoms with Gasteiger partial charge in [-0.3, -0.25) is 0 Å². The Morgan fingerprint density at radius 2 is 1.42 bits per heavy atom. The minimum absolute atomic E-state index is 0.147. The van der Waals surface area contributed by atoms with Crippen LogP contribution in [0.1, 0.15) is 62.9 Å². The van der Waals surface area contributed by atoms with Crippen LogP contribution in [0.5, 0.6) is 0 Å². The quantitative estimate of drug-likeness (QED) is 0.749. The molecule has 0 aliphatic carbocycles. The average molecular weight is 329 g/mol. The van der Waals surface area contributed by atoms with Crippen LogP contribution in [-0.2, 0) is 5.41 Å². The van der Waals surface area contributed by atoms with E-state index in [9.17, 15) is 0 Å². The highest BCUT2D eigenvalue weighted by Crippen LogP contribution is 2.20. The lowest BCUT2D eigenvalue weighted by Crippen LogP contribution is -2.10. The summed E-state index contributed by atoms with van der Waals surface area (Å²) in [5.74, 6) is 0. The van der Waals surface area contributed by atoms with E-state index in [1.54, 1.807) is 0 Å². The monoisotopic (exact) mass is 328 g/mol. The zero-order chi connectivity index (χ0) is 18.8. The molecule has 0 bridgehead atoms. The van der Waals surface area contributed by atoms with Crippen molar-refractivity contribution in [2.75, 3.05) is 6.54 Å². The summed E-state index contributed by atoms with van der Waals surface area (Å²) in [6.07, 6.45) is 0. The number of benzene rings is 2. The maximum atomic E-state index is 5.73. The van der Waals surface area contributed by atoms with Crippen LogP contribution in [0.25, 0.3) is 0 Å². The van der Waals surface area contributed by atoms with Gasteiger partial charge in [0.15, 0.2) is 0 Å². The summed E-state index contributed by atoms with van der Waals surface area (Å²) >= 11 is 0. The van der Waals surface area contributed by atoms with Crippen molar-refractivity contribution in [2.45, 2.75) is 59.9 Å². The first-order chi connectivity index (χ1) is 11.1. The molecule has 4 N–H and O–H groups in total. The molecule has 0 amide bonds. The van der Waals surface area contributed by atoms with E-state index >= 15 is 0 Å². The van der Waals surface area contributed by atoms with E-state index in [-0.39, 0.29) is 6.04 Å². The number of rotatable bonds is 1. The molecule has 2 nitrogen and oxygen atoms in total. The smallest absolute Gasteiger partial charge is 0.0266 e. The van der Waals surface area contributed by atoms with Crippen LogP contribution in [0.3, 0.4) is 0 Å². The summed E-state index contributed by atoms with van der Waals surface area (Å²) < 4.78 is 0. The summed E-state index contributed by atoms with van der Waals surface area (Å²) in [6.45, 7) is 15.6. The predicted molar refractivity (Wildman–Crippen MR) is 108 cm³/mol. The van der Waals surface area contributed by atoms with Crippen LogP contribution in [0, 0.1) is 13.8 Å². The number of nitrogens with two attached hydrogens (primary N) is 2. The van der Waals surface area contributed by atoms with Crippen molar-refractivity contribution in [2.24, 2.45) is 11.5 Å². The summed E-state index contributed by atoms with van der Waals surface area (Å²) in [4.78, 5) is 0. The van der Waals surface area contributed by atoms with E-state index in [2.05, 4.69) is 83.1 Å². The minimum atomic E-state index is 0.147. The van der Waals surface area contributed by atoms with Gasteiger partial charge in [-0.05, 0) is 55.0 Å². The molecular formula is C22H36N2. The fourth-order valence-corrected chi connectivity index (χ4v) is 1.99. The van der Waals surface area contributed by atoms with Gasteiger partial charge in [0, 0.05) is 6.04 Å². The van der Waals surface area contributed by atoms with Gasteiger partial charge in [0.2, 0.25) is 0 Å². The standard InChI is InChI=1S/C10H15N.C10H14.C2H7N/c1-7-4-5-10(9(3)11)6-8(7)2;1-10(2,3)9-7-5-4-6-8-9;1-2-3/h4-6,9H,11H2,1-3H3;4-8H,1-3H3;2-3H2,1H3. The maximum absolute atomic E-state index is 5.73. The lowest BCUT2D eigenvalue weighted by Gasteiger charge is -2.18. The normalized spacial score (nSPS) is 11.5. The summed E-state index contributed by atoms with van der Waals surface area (Å²) in [5, 5.41) is 0. The van der Waals surface area contributed by atoms with Crippen molar-refractivity contribution < 1.29 is 0 Å². The maximum Gasteiger partial charge on any atom is 0.0266 e. The molecule has 2 heteroatoms. The first-order valence-corrected chi connectivity index (χ1v) is 8.71. The van der Waals surface area contributed by atoms with Gasteiger partial charge in [0.25, 0.3) is 0 Å². The van der Waals surface area contributed by atoms with Crippen LogP contribution in [0.4, 0.5) is 0 Å². The van der Waals surface area contributed by atoms with Crippen molar-refractivity contribution in [1.82, 2.24) is 0 Å². The van der Waals surface area contributed by atoms with Crippen molar-refractivity contribution in [1.29, 1.82) is 0 Å². The Balaban J connectivity index is 0.000000381. The van der Waals surface area contributed by atoms with Crippen LogP contribution in [-0.4, -0.2) is 6.54 Å². The topological polar surface area (TPSA) is 52.0 Å². The third-order valence-electron chi connectivity index (χ3n) is 3.70. The molecule has 0 spiro atoms. The zero-order valence-electron chi connectivity index (χ0n) is 16.6. The molecule has 0 aliphatic heterocycles. The van der Waals surface area contributed by atoms with Crippen LogP contribution in [0.2, 0.25) is 0 Å². The van der Waals surface area contributed by atoms with Crippen LogP contribution in [0.15, 0.2) is 48.5 Å². The molecule has 0 saturated heterocycles. The molecule has 0 saturated carbocycles. The molecule has 0 aromatic heterocycles. The van der Waals surface area contributed by atoms with Gasteiger partial charge in [-0.2, -0.15) is 0 Å². The lowest BCUT2D eigenvalue weighted by atomic mass is 9.87. The van der Waals surface area contributed by atoms with E-state index in [0.717, 1.165) is 6.54 Å². The van der Waals surface area contributed by atoms with Crippen LogP contribution < -0.4 is 11.5 Å². The van der Waals surface area contributed by atoms with Crippen molar-refractivity contribution in [3.63, 3.8) is 0 Å². The second-order valence-corrected chi connectivity index (χ2v) is 7.16. The molecule has 2 rings (SSSR count). The van der Waals surface area contributed by atoms with Gasteiger partial charge < -0.3 is 11.5 Å². The summed E-state index contributed by atoms with van der Waals surface area (Å²) in [5.41, 5.74) is 16.1. The molecule has 0 aliphatic rings. The third-order valence-corrected chi connectivity index (χ3v) is 3.70. The molecule has 0 fully saturated rings. The lowest BCUT2D eigenvalue weighted by molar-refractivity contribution is 0.590. The molecular weight excluding hydrogens is 292 g/mol. The average Bonchev–Trinajstić information content (AvgIpc) is 2.51. The Labute approximate surface area is 149 Å². The fraction of sp³-hybridized carbons (Fsp3) is 0.455. The first kappa shape index (κ1) is 22.4. The highest BCUT2D eigenvalue weighted by Gasteiger charge is 2.11. The van der Waals surface area contributed by atoms with Gasteiger partial charge in [-0.25, -0.2) is 0 Å². The summed E-state index contributed by atoms with van der Waals surface area (Å²) in [7, 11) is 0. The second-order valence-electron chi connectivity index (χ2n) is 7.16. The molecule has 2 aromatic rings. The zero-order valence-corrected chi connectivity index (χ0v) is 16.6. The van der Waals surface area contributed by atoms with Gasteiger partial charge in [-0.15, -0.1) is 0 Å². The van der Waals surface area contributed by atoms with E-state index in [1.807, 2.05) is 13.8 Å². The first-order valence-electron chi connectivity index (χ1n) is 8.71. The van der Waals surface area contributed by atoms with Gasteiger partial charge in [0.1, 0.15) is 0 Å². The van der Waals surface area contributed by atoms with Crippen molar-refractivity contribution in [3.8, 4) is 0 Å². The Bertz CT molecular complexity index is 566. The molecule has 1 atom stereocenters. The fourth-order valence-electron chi connectivity index (χ4n) is 1.99. The molecule has 1 unspecified atom stereocenters. The molecule has 24 heavy (non-hydrogen) atoms. The Morgan fingerprint density at radius 3 is 1.75 bits per heavy atom. The Hall–Kier alpha value is -1.64. The van der Waals surface area contributed by atoms with Gasteiger partial charge in [-0.1, -0.05) is 76.2 Å². The number of hydrogen-bond donors (Lipinski definition) is 2. The Kier molecular flexibility index (Phi) is 10.3. The third kappa shape index (κ3) is 8.85. The van der Waals surface area contributed by atoms with E-state index in [0.29, 0.717) is 5.41 Å². The molecule has 0 radical (unpaired) electrons. The Morgan fingerprint density at radius 1 is 0.917 bits per heavy atom. The number of aryl methyl sites for hydroxylation is 2. The molecule has 2 aromatic carbocycles. The van der Waals surface area contributed by atoms with E-state index in [1.165, 1.54) is 22.3 Å². The minimum Gasteiger partial charge on any atom is -0.331 e. The largest absolute Gasteiger partial charge is 0.331 e. The highest BCUT2D eigenvalue weighted by atomic mass is 14.6. The van der Waals surface area contributed by atoms with Crippen LogP contribution >= 0.6 is 0 Å². The van der Waals surface area contributed by atoms with Gasteiger partial charge >= 0.3 is 0 Å². The SMILES string of the molecule is CC(C)(C)c1ccccc1.CCN.Cc1ccc(C(C)N)cc1C. The highest BCUT2D eigenvalue weighted by molar-refractivity contribution is 5.31. The summed E-state index contributed by atoms with van der Waals surface area (Å²) in [6, 6.07) is 17.1. The molecule has 0 heterocycles. The second kappa shape index (κ2) is 11.0.